The summed E-state index contributed by atoms with van der Waals surface area (Å²) in [5, 5.41) is 11.4. The minimum Gasteiger partial charge on any atom is -0.323 e. The summed E-state index contributed by atoms with van der Waals surface area (Å²) in [4.78, 5) is 12.0. The van der Waals surface area contributed by atoms with Gasteiger partial charge in [-0.2, -0.15) is 5.26 Å². The topological polar surface area (TPSA) is 78.9 Å². The van der Waals surface area contributed by atoms with Crippen LogP contribution in [0, 0.1) is 17.1 Å². The molecule has 0 saturated carbocycles. The highest BCUT2D eigenvalue weighted by Crippen LogP contribution is 2.19. The van der Waals surface area contributed by atoms with Crippen LogP contribution in [0.1, 0.15) is 17.2 Å². The molecule has 0 unspecified atom stereocenters. The Kier molecular flexibility index (Phi) is 4.08. The van der Waals surface area contributed by atoms with Crippen molar-refractivity contribution in [2.24, 2.45) is 5.73 Å². The number of nitrogens with one attached hydrogen (secondary N) is 1. The number of hydrogen-bond acceptors (Lipinski definition) is 3. The zero-order valence-corrected chi connectivity index (χ0v) is 10.5. The predicted molar refractivity (Wildman–Crippen MR) is 73.1 cm³/mol. The van der Waals surface area contributed by atoms with Crippen LogP contribution in [0.15, 0.2) is 48.5 Å². The van der Waals surface area contributed by atoms with Gasteiger partial charge in [-0.05, 0) is 17.7 Å². The van der Waals surface area contributed by atoms with E-state index in [-0.39, 0.29) is 11.3 Å². The highest BCUT2D eigenvalue weighted by molar-refractivity contribution is 5.96. The average molecular weight is 269 g/mol. The van der Waals surface area contributed by atoms with Gasteiger partial charge < -0.3 is 11.1 Å². The third kappa shape index (κ3) is 2.82. The molecule has 0 fully saturated rings. The highest BCUT2D eigenvalue weighted by Gasteiger charge is 2.17. The molecule has 0 bridgehead atoms. The molecule has 1 amide bonds. The third-order valence-corrected chi connectivity index (χ3v) is 2.82. The minimum atomic E-state index is -0.883. The van der Waals surface area contributed by atoms with Crippen LogP contribution >= 0.6 is 0 Å². The van der Waals surface area contributed by atoms with E-state index in [0.717, 1.165) is 6.07 Å². The quantitative estimate of drug-likeness (QED) is 0.897. The summed E-state index contributed by atoms with van der Waals surface area (Å²) in [7, 11) is 0. The second kappa shape index (κ2) is 5.95. The van der Waals surface area contributed by atoms with E-state index >= 15 is 0 Å². The molecule has 0 saturated heterocycles. The molecule has 2 aromatic carbocycles. The number of halogens is 1. The second-order valence-electron chi connectivity index (χ2n) is 4.15. The molecule has 0 aliphatic heterocycles. The van der Waals surface area contributed by atoms with E-state index in [2.05, 4.69) is 5.32 Å². The van der Waals surface area contributed by atoms with Crippen LogP contribution in [0.4, 0.5) is 10.1 Å². The maximum Gasteiger partial charge on any atom is 0.245 e. The number of amides is 1. The number of nitriles is 1. The fourth-order valence-corrected chi connectivity index (χ4v) is 1.76. The van der Waals surface area contributed by atoms with Crippen molar-refractivity contribution >= 4 is 11.6 Å². The molecule has 100 valence electrons. The van der Waals surface area contributed by atoms with Crippen molar-refractivity contribution in [3.63, 3.8) is 0 Å². The maximum absolute atomic E-state index is 13.4. The smallest absolute Gasteiger partial charge is 0.245 e. The standard InChI is InChI=1S/C15H12FN3O/c16-12-7-4-8-13(11(12)9-17)19-15(20)14(18)10-5-2-1-3-6-10/h1-8,14H,18H2,(H,19,20)/t14-/m0/s1. The molecule has 0 aromatic heterocycles. The number of benzene rings is 2. The first kappa shape index (κ1) is 13.7. The van der Waals surface area contributed by atoms with Gasteiger partial charge in [0.25, 0.3) is 0 Å². The molecule has 0 heterocycles. The summed E-state index contributed by atoms with van der Waals surface area (Å²) >= 11 is 0. The van der Waals surface area contributed by atoms with Crippen molar-refractivity contribution in [2.45, 2.75) is 6.04 Å². The molecule has 0 aliphatic rings. The van der Waals surface area contributed by atoms with Crippen LogP contribution in [-0.4, -0.2) is 5.91 Å². The van der Waals surface area contributed by atoms with Gasteiger partial charge in [0.2, 0.25) is 5.91 Å². The van der Waals surface area contributed by atoms with Crippen LogP contribution in [0.25, 0.3) is 0 Å². The van der Waals surface area contributed by atoms with Crippen LogP contribution in [0.3, 0.4) is 0 Å². The largest absolute Gasteiger partial charge is 0.323 e. The van der Waals surface area contributed by atoms with Crippen molar-refractivity contribution in [3.8, 4) is 6.07 Å². The summed E-state index contributed by atoms with van der Waals surface area (Å²) in [6.07, 6.45) is 0. The van der Waals surface area contributed by atoms with Crippen LogP contribution in [-0.2, 0) is 4.79 Å². The van der Waals surface area contributed by atoms with E-state index in [0.29, 0.717) is 5.56 Å². The lowest BCUT2D eigenvalue weighted by Gasteiger charge is -2.13. The number of nitrogens with two attached hydrogens (primary N) is 1. The molecular formula is C15H12FN3O. The number of carbonyl (C=O) groups excluding carboxylic acids is 1. The van der Waals surface area contributed by atoms with Gasteiger partial charge in [-0.1, -0.05) is 36.4 Å². The molecule has 0 radical (unpaired) electrons. The maximum atomic E-state index is 13.4. The first-order chi connectivity index (χ1) is 9.63. The Morgan fingerprint density at radius 2 is 1.90 bits per heavy atom. The Morgan fingerprint density at radius 1 is 1.20 bits per heavy atom. The zero-order chi connectivity index (χ0) is 14.5. The van der Waals surface area contributed by atoms with Crippen molar-refractivity contribution in [2.75, 3.05) is 5.32 Å². The van der Waals surface area contributed by atoms with Gasteiger partial charge in [0.05, 0.1) is 5.69 Å². The van der Waals surface area contributed by atoms with Gasteiger partial charge in [0.1, 0.15) is 23.5 Å². The van der Waals surface area contributed by atoms with Crippen LogP contribution in [0.2, 0.25) is 0 Å². The van der Waals surface area contributed by atoms with E-state index in [1.54, 1.807) is 30.3 Å². The Morgan fingerprint density at radius 3 is 2.55 bits per heavy atom. The number of nitrogens with zero attached hydrogens (tertiary/aromatic N) is 1. The Bertz CT molecular complexity index is 665. The normalized spacial score (nSPS) is 11.4. The summed E-state index contributed by atoms with van der Waals surface area (Å²) in [5.41, 5.74) is 6.37. The monoisotopic (exact) mass is 269 g/mol. The molecule has 2 rings (SSSR count). The number of rotatable bonds is 3. The van der Waals surface area contributed by atoms with E-state index in [4.69, 9.17) is 11.0 Å². The number of hydrogen-bond donors (Lipinski definition) is 2. The number of anilines is 1. The SMILES string of the molecule is N#Cc1c(F)cccc1NC(=O)[C@@H](N)c1ccccc1. The lowest BCUT2D eigenvalue weighted by molar-refractivity contribution is -0.117. The fourth-order valence-electron chi connectivity index (χ4n) is 1.76. The third-order valence-electron chi connectivity index (χ3n) is 2.82. The fraction of sp³-hybridized carbons (Fsp3) is 0.0667. The van der Waals surface area contributed by atoms with Gasteiger partial charge in [-0.25, -0.2) is 4.39 Å². The summed E-state index contributed by atoms with van der Waals surface area (Å²) in [6, 6.07) is 13.7. The Balaban J connectivity index is 2.21. The van der Waals surface area contributed by atoms with E-state index in [9.17, 15) is 9.18 Å². The van der Waals surface area contributed by atoms with E-state index in [1.165, 1.54) is 12.1 Å². The molecule has 2 aromatic rings. The van der Waals surface area contributed by atoms with E-state index < -0.39 is 17.8 Å². The predicted octanol–water partition coefficient (Wildman–Crippen LogP) is 2.34. The molecule has 1 atom stereocenters. The molecule has 3 N–H and O–H groups in total. The van der Waals surface area contributed by atoms with Crippen molar-refractivity contribution in [1.29, 1.82) is 5.26 Å². The van der Waals surface area contributed by atoms with Gasteiger partial charge in [-0.3, -0.25) is 4.79 Å². The molecular weight excluding hydrogens is 257 g/mol. The molecule has 0 spiro atoms. The van der Waals surface area contributed by atoms with Gasteiger partial charge in [-0.15, -0.1) is 0 Å². The minimum absolute atomic E-state index is 0.115. The summed E-state index contributed by atoms with van der Waals surface area (Å²) in [5.74, 6) is -1.18. The first-order valence-electron chi connectivity index (χ1n) is 5.93. The molecule has 0 aliphatic carbocycles. The second-order valence-corrected chi connectivity index (χ2v) is 4.15. The molecule has 4 nitrogen and oxygen atoms in total. The first-order valence-corrected chi connectivity index (χ1v) is 5.93. The van der Waals surface area contributed by atoms with Gasteiger partial charge in [0, 0.05) is 0 Å². The Labute approximate surface area is 115 Å². The lowest BCUT2D eigenvalue weighted by atomic mass is 10.1. The van der Waals surface area contributed by atoms with Crippen LogP contribution in [0.5, 0.6) is 0 Å². The lowest BCUT2D eigenvalue weighted by Crippen LogP contribution is -2.28. The molecule has 5 heteroatoms. The van der Waals surface area contributed by atoms with Crippen molar-refractivity contribution in [3.05, 3.63) is 65.5 Å². The van der Waals surface area contributed by atoms with Crippen molar-refractivity contribution in [1.82, 2.24) is 0 Å². The summed E-state index contributed by atoms with van der Waals surface area (Å²) < 4.78 is 13.4. The highest BCUT2D eigenvalue weighted by atomic mass is 19.1. The van der Waals surface area contributed by atoms with Crippen LogP contribution < -0.4 is 11.1 Å². The zero-order valence-electron chi connectivity index (χ0n) is 10.5. The van der Waals surface area contributed by atoms with Gasteiger partial charge in [0.15, 0.2) is 0 Å². The van der Waals surface area contributed by atoms with Gasteiger partial charge >= 0.3 is 0 Å². The van der Waals surface area contributed by atoms with Crippen molar-refractivity contribution < 1.29 is 9.18 Å². The molecule has 20 heavy (non-hydrogen) atoms. The Hall–Kier alpha value is -2.71. The number of carbonyl (C=O) groups is 1. The average Bonchev–Trinajstić information content (AvgIpc) is 2.47. The van der Waals surface area contributed by atoms with E-state index in [1.807, 2.05) is 6.07 Å². The summed E-state index contributed by atoms with van der Waals surface area (Å²) in [6.45, 7) is 0.